The Labute approximate surface area is 156 Å². The van der Waals surface area contributed by atoms with Crippen molar-refractivity contribution in [3.8, 4) is 0 Å². The molecule has 0 atom stereocenters. The molecule has 5 nitrogen and oxygen atoms in total. The topological polar surface area (TPSA) is 56.8 Å². The number of unbranched alkanes of at least 4 members (excludes halogenated alkanes) is 6. The number of nitrogens with one attached hydrogen (secondary N) is 1. The number of hydrogen-bond donors (Lipinski definition) is 1. The monoisotopic (exact) mass is 375 g/mol. The molecule has 0 aliphatic heterocycles. The van der Waals surface area contributed by atoms with E-state index in [1.807, 2.05) is 20.8 Å². The van der Waals surface area contributed by atoms with Gasteiger partial charge in [0.05, 0.1) is 0 Å². The maximum atomic E-state index is 11.9. The summed E-state index contributed by atoms with van der Waals surface area (Å²) in [5, 5.41) is 3.01. The van der Waals surface area contributed by atoms with Gasteiger partial charge in [0.1, 0.15) is 0 Å². The minimum absolute atomic E-state index is 0.157. The summed E-state index contributed by atoms with van der Waals surface area (Å²) in [6.07, 6.45) is 10.1. The first-order valence-electron chi connectivity index (χ1n) is 10.3. The molecule has 0 aliphatic carbocycles. The Balaban J connectivity index is 3.83. The van der Waals surface area contributed by atoms with Crippen molar-refractivity contribution in [2.24, 2.45) is 0 Å². The van der Waals surface area contributed by atoms with Gasteiger partial charge in [-0.05, 0) is 33.6 Å². The van der Waals surface area contributed by atoms with Crippen LogP contribution in [0.25, 0.3) is 0 Å². The third kappa shape index (κ3) is 13.4. The molecule has 1 N–H and O–H groups in total. The van der Waals surface area contributed by atoms with E-state index >= 15 is 0 Å². The Morgan fingerprint density at radius 1 is 0.760 bits per heavy atom. The van der Waals surface area contributed by atoms with Crippen molar-refractivity contribution in [1.82, 2.24) is 5.32 Å². The Bertz CT molecular complexity index is 299. The van der Waals surface area contributed by atoms with Gasteiger partial charge in [0.15, 0.2) is 0 Å². The van der Waals surface area contributed by atoms with Gasteiger partial charge in [-0.3, -0.25) is 4.79 Å². The maximum absolute atomic E-state index is 11.9. The molecule has 0 saturated heterocycles. The number of amides is 1. The number of rotatable bonds is 18. The van der Waals surface area contributed by atoms with Crippen molar-refractivity contribution < 1.29 is 18.1 Å². The van der Waals surface area contributed by atoms with Gasteiger partial charge in [-0.25, -0.2) is 0 Å². The molecule has 0 fully saturated rings. The van der Waals surface area contributed by atoms with E-state index in [0.29, 0.717) is 32.8 Å². The van der Waals surface area contributed by atoms with Gasteiger partial charge in [0.25, 0.3) is 0 Å². The van der Waals surface area contributed by atoms with Crippen molar-refractivity contribution >= 4 is 14.7 Å². The van der Waals surface area contributed by atoms with Crippen LogP contribution in [0.15, 0.2) is 0 Å². The highest BCUT2D eigenvalue weighted by Crippen LogP contribution is 2.17. The van der Waals surface area contributed by atoms with Crippen LogP contribution in [-0.2, 0) is 18.1 Å². The summed E-state index contributed by atoms with van der Waals surface area (Å²) < 4.78 is 17.5. The second kappa shape index (κ2) is 17.0. The quantitative estimate of drug-likeness (QED) is 0.279. The Morgan fingerprint density at radius 3 is 1.80 bits per heavy atom. The normalized spacial score (nSPS) is 11.7. The first-order chi connectivity index (χ1) is 12.1. The fourth-order valence-corrected chi connectivity index (χ4v) is 5.48. The number of carbonyl (C=O) groups is 1. The highest BCUT2D eigenvalue weighted by molar-refractivity contribution is 6.60. The van der Waals surface area contributed by atoms with E-state index in [1.165, 1.54) is 32.1 Å². The molecule has 0 unspecified atom stereocenters. The summed E-state index contributed by atoms with van der Waals surface area (Å²) >= 11 is 0. The summed E-state index contributed by atoms with van der Waals surface area (Å²) in [4.78, 5) is 11.9. The summed E-state index contributed by atoms with van der Waals surface area (Å²) in [5.41, 5.74) is 0. The van der Waals surface area contributed by atoms with Crippen molar-refractivity contribution in [3.05, 3.63) is 0 Å². The van der Waals surface area contributed by atoms with Crippen LogP contribution in [0.1, 0.15) is 85.5 Å². The van der Waals surface area contributed by atoms with Crippen molar-refractivity contribution in [3.63, 3.8) is 0 Å². The lowest BCUT2D eigenvalue weighted by Gasteiger charge is -2.28. The van der Waals surface area contributed by atoms with Crippen LogP contribution in [0, 0.1) is 0 Å². The third-order valence-corrected chi connectivity index (χ3v) is 7.23. The zero-order valence-corrected chi connectivity index (χ0v) is 18.0. The van der Waals surface area contributed by atoms with Gasteiger partial charge in [-0.1, -0.05) is 45.4 Å². The largest absolute Gasteiger partial charge is 0.500 e. The molecule has 0 aromatic rings. The summed E-state index contributed by atoms with van der Waals surface area (Å²) in [6.45, 7) is 10.6. The molecule has 0 aromatic heterocycles. The van der Waals surface area contributed by atoms with Crippen molar-refractivity contribution in [1.29, 1.82) is 0 Å². The first-order valence-corrected chi connectivity index (χ1v) is 12.3. The average molecular weight is 376 g/mol. The molecule has 1 amide bonds. The maximum Gasteiger partial charge on any atom is 0.500 e. The lowest BCUT2D eigenvalue weighted by molar-refractivity contribution is -0.121. The number of carbonyl (C=O) groups excluding carboxylic acids is 1. The predicted octanol–water partition coefficient (Wildman–Crippen LogP) is 4.68. The van der Waals surface area contributed by atoms with Gasteiger partial charge in [-0.2, -0.15) is 0 Å². The second-order valence-electron chi connectivity index (χ2n) is 6.31. The average Bonchev–Trinajstić information content (AvgIpc) is 2.59. The molecule has 0 bridgehead atoms. The molecular formula is C19H41NO4Si. The molecule has 0 spiro atoms. The Kier molecular flexibility index (Phi) is 16.7. The fraction of sp³-hybridized carbons (Fsp3) is 0.947. The highest BCUT2D eigenvalue weighted by atomic mass is 28.4. The molecule has 0 saturated carbocycles. The van der Waals surface area contributed by atoms with Crippen LogP contribution >= 0.6 is 0 Å². The van der Waals surface area contributed by atoms with E-state index in [1.54, 1.807) is 0 Å². The second-order valence-corrected chi connectivity index (χ2v) is 9.04. The molecule has 0 aliphatic rings. The van der Waals surface area contributed by atoms with Crippen LogP contribution in [0.4, 0.5) is 0 Å². The first kappa shape index (κ1) is 24.6. The highest BCUT2D eigenvalue weighted by Gasteiger charge is 2.39. The van der Waals surface area contributed by atoms with Crippen LogP contribution in [0.5, 0.6) is 0 Å². The Morgan fingerprint density at radius 2 is 1.28 bits per heavy atom. The molecule has 0 rings (SSSR count). The lowest BCUT2D eigenvalue weighted by atomic mass is 10.1. The van der Waals surface area contributed by atoms with E-state index in [-0.39, 0.29) is 5.91 Å². The minimum atomic E-state index is -2.57. The summed E-state index contributed by atoms with van der Waals surface area (Å²) in [7, 11) is -2.57. The van der Waals surface area contributed by atoms with Gasteiger partial charge in [0, 0.05) is 38.8 Å². The third-order valence-electron chi connectivity index (χ3n) is 4.08. The zero-order valence-electron chi connectivity index (χ0n) is 17.0. The van der Waals surface area contributed by atoms with Crippen LogP contribution in [0.2, 0.25) is 6.04 Å². The van der Waals surface area contributed by atoms with E-state index in [2.05, 4.69) is 12.2 Å². The molecule has 0 aromatic carbocycles. The minimum Gasteiger partial charge on any atom is -0.374 e. The molecule has 0 heterocycles. The van der Waals surface area contributed by atoms with E-state index in [0.717, 1.165) is 25.3 Å². The van der Waals surface area contributed by atoms with Gasteiger partial charge in [0.2, 0.25) is 5.91 Å². The van der Waals surface area contributed by atoms with Crippen molar-refractivity contribution in [2.45, 2.75) is 91.5 Å². The zero-order chi connectivity index (χ0) is 18.8. The fourth-order valence-electron chi connectivity index (χ4n) is 2.87. The van der Waals surface area contributed by atoms with Crippen LogP contribution in [0.3, 0.4) is 0 Å². The van der Waals surface area contributed by atoms with E-state index in [4.69, 9.17) is 13.3 Å². The molecular weight excluding hydrogens is 334 g/mol. The van der Waals surface area contributed by atoms with E-state index < -0.39 is 8.80 Å². The van der Waals surface area contributed by atoms with Gasteiger partial charge >= 0.3 is 8.80 Å². The van der Waals surface area contributed by atoms with Gasteiger partial charge in [-0.15, -0.1) is 0 Å². The molecule has 150 valence electrons. The summed E-state index contributed by atoms with van der Waals surface area (Å²) in [5.74, 6) is 0.157. The van der Waals surface area contributed by atoms with Gasteiger partial charge < -0.3 is 18.6 Å². The Hall–Kier alpha value is -0.433. The smallest absolute Gasteiger partial charge is 0.374 e. The number of hydrogen-bond acceptors (Lipinski definition) is 4. The van der Waals surface area contributed by atoms with Crippen molar-refractivity contribution in [2.75, 3.05) is 26.4 Å². The van der Waals surface area contributed by atoms with Crippen LogP contribution < -0.4 is 5.32 Å². The standard InChI is InChI=1S/C19H41NO4Si/c1-5-9-10-11-12-13-14-16-19(21)20-17-15-18-25(22-6-2,23-7-3)24-8-4/h5-18H2,1-4H3,(H,20,21). The molecule has 6 heteroatoms. The van der Waals surface area contributed by atoms with Crippen LogP contribution in [-0.4, -0.2) is 41.1 Å². The summed E-state index contributed by atoms with van der Waals surface area (Å²) in [6, 6.07) is 0.750. The van der Waals surface area contributed by atoms with E-state index in [9.17, 15) is 4.79 Å². The lowest BCUT2D eigenvalue weighted by Crippen LogP contribution is -2.46. The SMILES string of the molecule is CCCCCCCCCC(=O)NCCC[Si](OCC)(OCC)OCC. The molecule has 25 heavy (non-hydrogen) atoms. The molecule has 0 radical (unpaired) electrons. The predicted molar refractivity (Wildman–Crippen MR) is 106 cm³/mol.